The second-order valence-corrected chi connectivity index (χ2v) is 4.09. The van der Waals surface area contributed by atoms with Crippen molar-refractivity contribution in [2.75, 3.05) is 0 Å². The molecule has 2 aromatic heterocycles. The molecule has 0 fully saturated rings. The monoisotopic (exact) mass is 235 g/mol. The van der Waals surface area contributed by atoms with Crippen LogP contribution in [0.15, 0.2) is 42.9 Å². The first-order chi connectivity index (χ1) is 8.90. The molecule has 4 heterocycles. The molecule has 4 rings (SSSR count). The van der Waals surface area contributed by atoms with Gasteiger partial charge in [-0.1, -0.05) is 0 Å². The van der Waals surface area contributed by atoms with Crippen LogP contribution >= 0.6 is 0 Å². The molecule has 0 saturated carbocycles. The summed E-state index contributed by atoms with van der Waals surface area (Å²) in [4.78, 5) is 19.4. The third kappa shape index (κ3) is 1.31. The molecule has 5 nitrogen and oxygen atoms in total. The molecule has 0 aliphatic carbocycles. The Hall–Kier alpha value is -2.69. The van der Waals surface area contributed by atoms with E-state index in [9.17, 15) is 0 Å². The Labute approximate surface area is 102 Å². The molecule has 2 aliphatic heterocycles. The molecule has 18 heavy (non-hydrogen) atoms. The van der Waals surface area contributed by atoms with Crippen LogP contribution in [0.5, 0.6) is 0 Å². The van der Waals surface area contributed by atoms with Crippen molar-refractivity contribution in [3.05, 3.63) is 42.9 Å². The first kappa shape index (κ1) is 9.35. The van der Waals surface area contributed by atoms with E-state index in [1.807, 2.05) is 24.3 Å². The minimum absolute atomic E-state index is 0.786. The van der Waals surface area contributed by atoms with Crippen LogP contribution in [0.1, 0.15) is 0 Å². The smallest absolute Gasteiger partial charge is 0.154 e. The Balaban J connectivity index is 1.93. The third-order valence-electron chi connectivity index (χ3n) is 2.94. The SMILES string of the molecule is c1cnc2cc(-c3ncc4nccc-4[nH]3)[nH]c2c1. The number of rotatable bonds is 1. The second-order valence-electron chi connectivity index (χ2n) is 4.09. The summed E-state index contributed by atoms with van der Waals surface area (Å²) in [5, 5.41) is 0. The van der Waals surface area contributed by atoms with Gasteiger partial charge in [-0.3, -0.25) is 9.97 Å². The molecule has 0 unspecified atom stereocenters. The number of nitrogens with zero attached hydrogens (tertiary/aromatic N) is 3. The highest BCUT2D eigenvalue weighted by atomic mass is 15.0. The van der Waals surface area contributed by atoms with Gasteiger partial charge in [0.1, 0.15) is 5.69 Å². The third-order valence-corrected chi connectivity index (χ3v) is 2.94. The molecule has 0 atom stereocenters. The van der Waals surface area contributed by atoms with Crippen LogP contribution in [0.25, 0.3) is 33.9 Å². The average Bonchev–Trinajstić information content (AvgIpc) is 3.04. The van der Waals surface area contributed by atoms with Crippen LogP contribution in [-0.2, 0) is 0 Å². The number of aromatic nitrogens is 5. The predicted octanol–water partition coefficient (Wildman–Crippen LogP) is 2.45. The molecular formula is C13H9N5. The second kappa shape index (κ2) is 3.40. The minimum Gasteiger partial charge on any atom is -0.351 e. The van der Waals surface area contributed by atoms with E-state index < -0.39 is 0 Å². The molecule has 86 valence electrons. The maximum Gasteiger partial charge on any atom is 0.154 e. The maximum atomic E-state index is 4.37. The number of fused-ring (bicyclic) bond motifs is 2. The first-order valence-corrected chi connectivity index (χ1v) is 5.64. The number of hydrogen-bond acceptors (Lipinski definition) is 3. The van der Waals surface area contributed by atoms with E-state index in [-0.39, 0.29) is 0 Å². The van der Waals surface area contributed by atoms with E-state index >= 15 is 0 Å². The van der Waals surface area contributed by atoms with Gasteiger partial charge in [-0.15, -0.1) is 0 Å². The molecule has 5 heteroatoms. The normalized spacial score (nSPS) is 11.3. The molecule has 2 aromatic rings. The highest BCUT2D eigenvalue weighted by Gasteiger charge is 2.09. The zero-order valence-electron chi connectivity index (χ0n) is 9.38. The molecule has 0 amide bonds. The largest absolute Gasteiger partial charge is 0.351 e. The lowest BCUT2D eigenvalue weighted by atomic mass is 10.3. The van der Waals surface area contributed by atoms with Crippen LogP contribution in [0.4, 0.5) is 0 Å². The highest BCUT2D eigenvalue weighted by Crippen LogP contribution is 2.23. The van der Waals surface area contributed by atoms with Crippen LogP contribution in [0, 0.1) is 0 Å². The van der Waals surface area contributed by atoms with Crippen molar-refractivity contribution in [3.63, 3.8) is 0 Å². The molecule has 0 spiro atoms. The van der Waals surface area contributed by atoms with Gasteiger partial charge in [-0.2, -0.15) is 0 Å². The van der Waals surface area contributed by atoms with E-state index in [1.54, 1.807) is 18.6 Å². The Morgan fingerprint density at radius 2 is 1.89 bits per heavy atom. The van der Waals surface area contributed by atoms with Crippen LogP contribution in [0.3, 0.4) is 0 Å². The number of aromatic amines is 2. The minimum atomic E-state index is 0.786. The summed E-state index contributed by atoms with van der Waals surface area (Å²) in [7, 11) is 0. The number of hydrogen-bond donors (Lipinski definition) is 2. The van der Waals surface area contributed by atoms with Gasteiger partial charge in [-0.25, -0.2) is 4.98 Å². The molecule has 2 aliphatic rings. The van der Waals surface area contributed by atoms with E-state index in [0.717, 1.165) is 33.9 Å². The predicted molar refractivity (Wildman–Crippen MR) is 68.1 cm³/mol. The summed E-state index contributed by atoms with van der Waals surface area (Å²) < 4.78 is 0. The summed E-state index contributed by atoms with van der Waals surface area (Å²) in [6.45, 7) is 0. The maximum absolute atomic E-state index is 4.37. The zero-order chi connectivity index (χ0) is 11.9. The molecule has 0 saturated heterocycles. The van der Waals surface area contributed by atoms with Crippen molar-refractivity contribution < 1.29 is 0 Å². The van der Waals surface area contributed by atoms with Crippen LogP contribution in [0.2, 0.25) is 0 Å². The highest BCUT2D eigenvalue weighted by molar-refractivity contribution is 5.81. The molecule has 0 bridgehead atoms. The van der Waals surface area contributed by atoms with Crippen molar-refractivity contribution in [1.29, 1.82) is 0 Å². The molecule has 2 N–H and O–H groups in total. The first-order valence-electron chi connectivity index (χ1n) is 5.64. The standard InChI is InChI=1S/C13H9N5/c1-2-8-10(14-4-1)6-11(17-8)13-16-7-12-9(18-13)3-5-15-12/h1-7,17H,(H,16,18). The van der Waals surface area contributed by atoms with E-state index in [2.05, 4.69) is 24.9 Å². The fourth-order valence-corrected chi connectivity index (χ4v) is 2.06. The topological polar surface area (TPSA) is 70.2 Å². The van der Waals surface area contributed by atoms with Gasteiger partial charge in [0.2, 0.25) is 0 Å². The van der Waals surface area contributed by atoms with Gasteiger partial charge in [0.25, 0.3) is 0 Å². The van der Waals surface area contributed by atoms with Crippen molar-refractivity contribution in [1.82, 2.24) is 24.9 Å². The van der Waals surface area contributed by atoms with Crippen molar-refractivity contribution >= 4 is 11.0 Å². The summed E-state index contributed by atoms with van der Waals surface area (Å²) in [5.74, 6) is 0.786. The van der Waals surface area contributed by atoms with Gasteiger partial charge in [-0.05, 0) is 24.3 Å². The molecule has 0 radical (unpaired) electrons. The van der Waals surface area contributed by atoms with Crippen molar-refractivity contribution in [3.8, 4) is 22.9 Å². The molecular weight excluding hydrogens is 226 g/mol. The van der Waals surface area contributed by atoms with Crippen molar-refractivity contribution in [2.24, 2.45) is 0 Å². The fraction of sp³-hybridized carbons (Fsp3) is 0. The summed E-state index contributed by atoms with van der Waals surface area (Å²) in [6, 6.07) is 7.82. The van der Waals surface area contributed by atoms with E-state index in [0.29, 0.717) is 0 Å². The number of pyridine rings is 1. The van der Waals surface area contributed by atoms with Crippen molar-refractivity contribution in [2.45, 2.75) is 0 Å². The van der Waals surface area contributed by atoms with Crippen LogP contribution < -0.4 is 0 Å². The summed E-state index contributed by atoms with van der Waals surface area (Å²) in [6.07, 6.45) is 5.31. The zero-order valence-corrected chi connectivity index (χ0v) is 9.38. The Morgan fingerprint density at radius 1 is 0.889 bits per heavy atom. The van der Waals surface area contributed by atoms with Gasteiger partial charge in [0.05, 0.1) is 28.6 Å². The summed E-state index contributed by atoms with van der Waals surface area (Å²) >= 11 is 0. The van der Waals surface area contributed by atoms with Gasteiger partial charge < -0.3 is 9.97 Å². The Morgan fingerprint density at radius 3 is 2.83 bits per heavy atom. The number of H-pyrrole nitrogens is 2. The van der Waals surface area contributed by atoms with E-state index in [1.165, 1.54) is 0 Å². The lowest BCUT2D eigenvalue weighted by molar-refractivity contribution is 1.15. The Kier molecular flexibility index (Phi) is 1.77. The quantitative estimate of drug-likeness (QED) is 0.532. The van der Waals surface area contributed by atoms with Gasteiger partial charge in [0.15, 0.2) is 5.82 Å². The lowest BCUT2D eigenvalue weighted by Crippen LogP contribution is -1.92. The van der Waals surface area contributed by atoms with E-state index in [4.69, 9.17) is 0 Å². The lowest BCUT2D eigenvalue weighted by Gasteiger charge is -2.01. The average molecular weight is 235 g/mol. The fourth-order valence-electron chi connectivity index (χ4n) is 2.06. The van der Waals surface area contributed by atoms with Gasteiger partial charge in [0, 0.05) is 12.4 Å². The summed E-state index contributed by atoms with van der Waals surface area (Å²) in [5.41, 5.74) is 4.71. The number of nitrogens with one attached hydrogen (secondary N) is 2. The van der Waals surface area contributed by atoms with Gasteiger partial charge >= 0.3 is 0 Å². The Bertz CT molecular complexity index is 765. The van der Waals surface area contributed by atoms with Crippen LogP contribution in [-0.4, -0.2) is 24.9 Å². The molecule has 0 aromatic carbocycles.